The predicted octanol–water partition coefficient (Wildman–Crippen LogP) is 2.16. The first kappa shape index (κ1) is 100. The van der Waals surface area contributed by atoms with E-state index in [0.717, 1.165) is 16.7 Å². The number of thioether (sulfide) groups is 1. The predicted molar refractivity (Wildman–Crippen MR) is 482 cm³/mol. The van der Waals surface area contributed by atoms with Crippen molar-refractivity contribution in [3.8, 4) is 11.5 Å². The molecule has 0 aliphatic carbocycles. The van der Waals surface area contributed by atoms with Crippen LogP contribution in [0.15, 0.2) is 170 Å². The van der Waals surface area contributed by atoms with Gasteiger partial charge in [-0.3, -0.25) is 67.1 Å². The summed E-state index contributed by atoms with van der Waals surface area (Å²) in [6.07, 6.45) is 3.47. The molecular weight excluding hydrogens is 1660 g/mol. The zero-order valence-corrected chi connectivity index (χ0v) is 74.3. The number of nitrogens with two attached hydrogens (primary N) is 2. The molecule has 12 atom stereocenters. The highest BCUT2D eigenvalue weighted by Crippen LogP contribution is 2.26. The van der Waals surface area contributed by atoms with Gasteiger partial charge in [0.25, 0.3) is 0 Å². The van der Waals surface area contributed by atoms with Gasteiger partial charge in [0, 0.05) is 96.1 Å². The summed E-state index contributed by atoms with van der Waals surface area (Å²) in [7, 11) is 5.63. The van der Waals surface area contributed by atoms with Crippen LogP contribution < -0.4 is 54.0 Å². The zero-order chi connectivity index (χ0) is 93.3. The van der Waals surface area contributed by atoms with Crippen molar-refractivity contribution in [1.82, 2.24) is 72.0 Å². The Hall–Kier alpha value is -13.0. The third kappa shape index (κ3) is 30.1. The van der Waals surface area contributed by atoms with Gasteiger partial charge in [-0.2, -0.15) is 0 Å². The van der Waals surface area contributed by atoms with E-state index in [1.807, 2.05) is 19.1 Å². The number of aliphatic hydroxyl groups excluding tert-OH is 1. The number of nitrogens with zero attached hydrogens (tertiary/aromatic N) is 5. The van der Waals surface area contributed by atoms with E-state index < -0.39 is 181 Å². The summed E-state index contributed by atoms with van der Waals surface area (Å²) in [5.41, 5.74) is 15.7. The number of aromatic hydroxyl groups is 2. The Bertz CT molecular complexity index is 4930. The van der Waals surface area contributed by atoms with E-state index in [2.05, 4.69) is 47.5 Å². The minimum absolute atomic E-state index is 0.0340. The van der Waals surface area contributed by atoms with Crippen LogP contribution in [0, 0.1) is 5.92 Å². The van der Waals surface area contributed by atoms with Crippen LogP contribution >= 0.6 is 11.8 Å². The fourth-order valence-corrected chi connectivity index (χ4v) is 16.0. The highest BCUT2D eigenvalue weighted by molar-refractivity contribution is 8.00. The van der Waals surface area contributed by atoms with Crippen molar-refractivity contribution in [2.45, 2.75) is 184 Å². The summed E-state index contributed by atoms with van der Waals surface area (Å²) in [5.74, 6) is -12.1. The van der Waals surface area contributed by atoms with E-state index in [1.54, 1.807) is 135 Å². The molecule has 0 bridgehead atoms. The molecule has 2 unspecified atom stereocenters. The minimum Gasteiger partial charge on any atom is -0.508 e. The smallest absolute Gasteiger partial charge is 0.246 e. The number of amides is 14. The number of aromatic amines is 1. The highest BCUT2D eigenvalue weighted by Gasteiger charge is 2.43. The Kier molecular flexibility index (Phi) is 39.0. The van der Waals surface area contributed by atoms with Crippen LogP contribution in [0.1, 0.15) is 106 Å². The van der Waals surface area contributed by atoms with Gasteiger partial charge in [0.15, 0.2) is 0 Å². The van der Waals surface area contributed by atoms with Gasteiger partial charge in [-0.15, -0.1) is 11.8 Å². The monoisotopic (exact) mass is 1780 g/mol. The number of likely N-dealkylation sites (tertiary alicyclic amines) is 1. The molecule has 16 N–H and O–H groups in total. The number of benzene rings is 6. The Morgan fingerprint density at radius 2 is 1.02 bits per heavy atom. The van der Waals surface area contributed by atoms with Crippen LogP contribution in [0.25, 0.3) is 10.9 Å². The molecule has 1 aromatic heterocycles. The SMILES string of the molecule is CCCC[C@@H](C(=O)N(C)CC(=O)N[C@H](C=O)CO)N(C)C(=O)C(Cc1ccccc1)N(C)C(=O)[C@H](Cc1ccccc1)NC(=O)CSC[C@H](NC(=O)[C@H](CC(C)C)NC(=O)[C@H](Cc1ccc(O)cc1)NC(=O)[C@H](Cc1c[nH]c2ccccc12)NC(=O)[C@H]1CCCCN1C(=O)[C@H](Cc1ccc(O)cc1)NC(=O)C(Cc1ccccc1)N(C)C(=O)[C@H](C)N)C(=O)NCC(N)=O. The Labute approximate surface area is 748 Å². The maximum Gasteiger partial charge on any atom is 0.246 e. The molecule has 0 radical (unpaired) electrons. The third-order valence-corrected chi connectivity index (χ3v) is 23.2. The maximum absolute atomic E-state index is 15.6. The average Bonchev–Trinajstić information content (AvgIpc) is 0.980. The summed E-state index contributed by atoms with van der Waals surface area (Å²) in [5, 5.41) is 52.6. The summed E-state index contributed by atoms with van der Waals surface area (Å²) in [6.45, 7) is 5.06. The zero-order valence-electron chi connectivity index (χ0n) is 73.4. The first-order valence-corrected chi connectivity index (χ1v) is 44.0. The molecule has 6 aromatic carbocycles. The van der Waals surface area contributed by atoms with E-state index >= 15 is 33.6 Å². The second kappa shape index (κ2) is 49.8. The highest BCUT2D eigenvalue weighted by atomic mass is 32.2. The number of rotatable bonds is 48. The molecular formula is C93H120N16O18S. The second-order valence-electron chi connectivity index (χ2n) is 32.7. The van der Waals surface area contributed by atoms with Gasteiger partial charge in [0.05, 0.1) is 31.5 Å². The van der Waals surface area contributed by atoms with Gasteiger partial charge >= 0.3 is 0 Å². The number of phenolic OH excluding ortho intramolecular Hbond substituents is 2. The number of hydrogen-bond acceptors (Lipinski definition) is 20. The van der Waals surface area contributed by atoms with Crippen molar-refractivity contribution < 1.29 is 87.2 Å². The van der Waals surface area contributed by atoms with Crippen molar-refractivity contribution in [3.05, 3.63) is 203 Å². The molecule has 8 rings (SSSR count). The Morgan fingerprint density at radius 1 is 0.523 bits per heavy atom. The largest absolute Gasteiger partial charge is 0.508 e. The van der Waals surface area contributed by atoms with Crippen molar-refractivity contribution >= 4 is 112 Å². The number of fused-ring (bicyclic) bond motifs is 1. The van der Waals surface area contributed by atoms with Crippen LogP contribution in [-0.4, -0.2) is 272 Å². The number of phenols is 2. The minimum atomic E-state index is -1.57. The lowest BCUT2D eigenvalue weighted by Crippen LogP contribution is -2.62. The van der Waals surface area contributed by atoms with Crippen molar-refractivity contribution in [2.75, 3.05) is 65.9 Å². The Morgan fingerprint density at radius 3 is 1.59 bits per heavy atom. The van der Waals surface area contributed by atoms with E-state index in [-0.39, 0.29) is 87.5 Å². The summed E-state index contributed by atoms with van der Waals surface area (Å²) in [4.78, 5) is 224. The number of aliphatic hydroxyl groups is 1. The van der Waals surface area contributed by atoms with Gasteiger partial charge in [-0.25, -0.2) is 0 Å². The molecule has 34 nitrogen and oxygen atoms in total. The third-order valence-electron chi connectivity index (χ3n) is 22.2. The normalized spacial score (nSPS) is 15.1. The number of carbonyl (C=O) groups is 15. The van der Waals surface area contributed by atoms with Crippen LogP contribution in [0.3, 0.4) is 0 Å². The number of hydrogen-bond donors (Lipinski definition) is 14. The van der Waals surface area contributed by atoms with E-state index in [0.29, 0.717) is 76.3 Å². The molecule has 686 valence electrons. The van der Waals surface area contributed by atoms with Crippen LogP contribution in [-0.2, 0) is 110 Å². The van der Waals surface area contributed by atoms with E-state index in [1.165, 1.54) is 91.1 Å². The molecule has 128 heavy (non-hydrogen) atoms. The molecule has 35 heteroatoms. The summed E-state index contributed by atoms with van der Waals surface area (Å²) < 4.78 is 0. The van der Waals surface area contributed by atoms with Gasteiger partial charge in [0.2, 0.25) is 82.7 Å². The second-order valence-corrected chi connectivity index (χ2v) is 33.7. The topological polar surface area (TPSA) is 497 Å². The molecule has 0 spiro atoms. The van der Waals surface area contributed by atoms with E-state index in [4.69, 9.17) is 11.5 Å². The van der Waals surface area contributed by atoms with Crippen LogP contribution in [0.4, 0.5) is 0 Å². The molecule has 0 saturated carbocycles. The molecule has 1 aliphatic rings. The number of aromatic nitrogens is 1. The Balaban J connectivity index is 1.04. The van der Waals surface area contributed by atoms with Gasteiger partial charge in [0.1, 0.15) is 84.2 Å². The fourth-order valence-electron chi connectivity index (χ4n) is 15.2. The van der Waals surface area contributed by atoms with Crippen LogP contribution in [0.5, 0.6) is 11.5 Å². The number of para-hydroxylation sites is 1. The average molecular weight is 1780 g/mol. The first-order valence-electron chi connectivity index (χ1n) is 42.8. The number of carbonyl (C=O) groups excluding carboxylic acids is 15. The number of unbranched alkanes of at least 4 members (excludes halogenated alkanes) is 1. The number of likely N-dealkylation sites (N-methyl/N-ethyl adjacent to an activating group) is 4. The number of aldehydes is 1. The lowest BCUT2D eigenvalue weighted by Gasteiger charge is -2.38. The van der Waals surface area contributed by atoms with Crippen molar-refractivity contribution in [3.63, 3.8) is 0 Å². The lowest BCUT2D eigenvalue weighted by molar-refractivity contribution is -0.151. The number of primary amides is 1. The molecule has 7 aromatic rings. The van der Waals surface area contributed by atoms with Gasteiger partial charge < -0.3 is 104 Å². The van der Waals surface area contributed by atoms with Gasteiger partial charge in [-0.05, 0) is 109 Å². The molecule has 2 heterocycles. The lowest BCUT2D eigenvalue weighted by atomic mass is 9.96. The number of piperidine rings is 1. The standard InChI is InChI=1S/C93H120N16O18S/c1-9-10-32-77(92(126)105(5)52-81(115)98-65(53-110)54-111)106(6)93(127)79(48-61-28-18-13-19-29-61)108(8)90(124)73(45-59-24-14-11-15-25-59)99-82(116)56-128-55-75(83(117)97-51-80(95)114)104-84(118)70(43-57(2)3)100-85(119)71(44-62-34-38-66(112)39-35-62)101-86(120)72(49-64-50-96-69-31-21-20-30-68(64)69)102-87(121)76-33-22-23-42-109(76)91(125)74(46-63-36-40-67(113)41-37-63)103-88(122)78(107(7)89(123)58(4)94)47-60-26-16-12-17-27-60/h11-21,24-31,34-41,50,53,57-58,65,70-79,96,111-113H,9-10,22-23,32-33,42-49,51-52,54-56,94H2,1-8H3,(H2,95,114)(H,97,117)(H,98,115)(H,99,116)(H,100,119)(H,101,120)(H,102,121)(H,103,122)(H,104,118)/t58-,65+,70-,71-,72-,73-,74-,75-,76+,77-,78?,79?/m0/s1. The maximum atomic E-state index is 15.6. The summed E-state index contributed by atoms with van der Waals surface area (Å²) in [6, 6.07) is 29.5. The van der Waals surface area contributed by atoms with Gasteiger partial charge in [-0.1, -0.05) is 167 Å². The molecule has 1 fully saturated rings. The van der Waals surface area contributed by atoms with E-state index in [9.17, 15) is 53.7 Å². The van der Waals surface area contributed by atoms with Crippen LogP contribution in [0.2, 0.25) is 0 Å². The molecule has 14 amide bonds. The summed E-state index contributed by atoms with van der Waals surface area (Å²) >= 11 is 0.844. The first-order chi connectivity index (χ1) is 61.2. The molecule has 1 aliphatic heterocycles. The number of H-pyrrole nitrogens is 1. The van der Waals surface area contributed by atoms with Crippen molar-refractivity contribution in [2.24, 2.45) is 17.4 Å². The molecule has 1 saturated heterocycles. The van der Waals surface area contributed by atoms with Crippen molar-refractivity contribution in [1.29, 1.82) is 0 Å². The quantitative estimate of drug-likeness (QED) is 0.0243. The fraction of sp³-hybridized carbons (Fsp3) is 0.430. The number of nitrogens with one attached hydrogen (secondary N) is 9.